The predicted molar refractivity (Wildman–Crippen MR) is 61.1 cm³/mol. The van der Waals surface area contributed by atoms with Gasteiger partial charge in [0.2, 0.25) is 0 Å². The summed E-state index contributed by atoms with van der Waals surface area (Å²) in [5, 5.41) is 14.0. The molecule has 2 amide bonds. The lowest BCUT2D eigenvalue weighted by Gasteiger charge is -1.98. The molecule has 8 heteroatoms. The van der Waals surface area contributed by atoms with Crippen LogP contribution in [0.2, 0.25) is 0 Å². The lowest BCUT2D eigenvalue weighted by Crippen LogP contribution is -2.24. The van der Waals surface area contributed by atoms with Gasteiger partial charge in [0, 0.05) is 22.2 Å². The van der Waals surface area contributed by atoms with Crippen molar-refractivity contribution in [2.75, 3.05) is 0 Å². The van der Waals surface area contributed by atoms with E-state index in [4.69, 9.17) is 5.73 Å². The Morgan fingerprint density at radius 1 is 1.62 bits per heavy atom. The third-order valence-corrected chi connectivity index (χ3v) is 2.26. The van der Waals surface area contributed by atoms with Crippen LogP contribution in [0.15, 0.2) is 27.8 Å². The molecule has 0 saturated carbocycles. The van der Waals surface area contributed by atoms with Gasteiger partial charge in [0.1, 0.15) is 0 Å². The summed E-state index contributed by atoms with van der Waals surface area (Å²) in [6, 6.07) is 3.38. The Morgan fingerprint density at radius 3 is 2.81 bits per heavy atom. The van der Waals surface area contributed by atoms with Crippen LogP contribution in [0.4, 0.5) is 10.5 Å². The molecule has 0 heterocycles. The summed E-state index contributed by atoms with van der Waals surface area (Å²) in [6.07, 6.45) is 1.32. The van der Waals surface area contributed by atoms with Crippen molar-refractivity contribution < 1.29 is 9.72 Å². The SMILES string of the molecule is NC(=O)NN=Cc1ccc([N+](=O)[O-])cc1Br. The molecular formula is C8H7BrN4O3. The van der Waals surface area contributed by atoms with E-state index in [0.717, 1.165) is 0 Å². The normalized spacial score (nSPS) is 10.3. The molecule has 1 aromatic rings. The third kappa shape index (κ3) is 3.31. The van der Waals surface area contributed by atoms with Crippen LogP contribution < -0.4 is 11.2 Å². The molecular weight excluding hydrogens is 280 g/mol. The van der Waals surface area contributed by atoms with Crippen LogP contribution >= 0.6 is 15.9 Å². The van der Waals surface area contributed by atoms with Gasteiger partial charge >= 0.3 is 6.03 Å². The Hall–Kier alpha value is -1.96. The molecule has 7 nitrogen and oxygen atoms in total. The molecule has 0 atom stereocenters. The average molecular weight is 287 g/mol. The molecule has 0 aliphatic rings. The van der Waals surface area contributed by atoms with E-state index in [1.54, 1.807) is 0 Å². The second-order valence-electron chi connectivity index (χ2n) is 2.70. The number of benzene rings is 1. The Balaban J connectivity index is 2.87. The molecule has 1 aromatic carbocycles. The first kappa shape index (κ1) is 12.1. The Labute approximate surface area is 98.6 Å². The number of amides is 2. The minimum Gasteiger partial charge on any atom is -0.350 e. The number of nitrogens with one attached hydrogen (secondary N) is 1. The molecule has 0 saturated heterocycles. The minimum atomic E-state index is -0.783. The lowest BCUT2D eigenvalue weighted by molar-refractivity contribution is -0.384. The van der Waals surface area contributed by atoms with Crippen molar-refractivity contribution in [3.63, 3.8) is 0 Å². The van der Waals surface area contributed by atoms with Gasteiger partial charge in [-0.25, -0.2) is 10.2 Å². The fourth-order valence-electron chi connectivity index (χ4n) is 0.900. The number of hydrogen-bond acceptors (Lipinski definition) is 4. The second-order valence-corrected chi connectivity index (χ2v) is 3.55. The topological polar surface area (TPSA) is 111 Å². The van der Waals surface area contributed by atoms with Gasteiger partial charge in [-0.05, 0) is 22.0 Å². The molecule has 0 unspecified atom stereocenters. The van der Waals surface area contributed by atoms with E-state index in [1.165, 1.54) is 24.4 Å². The highest BCUT2D eigenvalue weighted by molar-refractivity contribution is 9.10. The van der Waals surface area contributed by atoms with E-state index in [2.05, 4.69) is 21.0 Å². The van der Waals surface area contributed by atoms with Crippen molar-refractivity contribution in [2.24, 2.45) is 10.8 Å². The van der Waals surface area contributed by atoms with Crippen molar-refractivity contribution in [2.45, 2.75) is 0 Å². The predicted octanol–water partition coefficient (Wildman–Crippen LogP) is 1.36. The van der Waals surface area contributed by atoms with Gasteiger partial charge in [0.15, 0.2) is 0 Å². The molecule has 3 N–H and O–H groups in total. The molecule has 84 valence electrons. The highest BCUT2D eigenvalue weighted by atomic mass is 79.9. The van der Waals surface area contributed by atoms with Gasteiger partial charge in [-0.2, -0.15) is 5.10 Å². The number of nitro groups is 1. The first-order chi connectivity index (χ1) is 7.50. The number of nitrogens with zero attached hydrogens (tertiary/aromatic N) is 2. The monoisotopic (exact) mass is 286 g/mol. The van der Waals surface area contributed by atoms with E-state index >= 15 is 0 Å². The maximum absolute atomic E-state index is 10.4. The van der Waals surface area contributed by atoms with Crippen LogP contribution in [0.3, 0.4) is 0 Å². The maximum atomic E-state index is 10.4. The largest absolute Gasteiger partial charge is 0.350 e. The number of nitro benzene ring substituents is 1. The van der Waals surface area contributed by atoms with Gasteiger partial charge in [0.25, 0.3) is 5.69 Å². The molecule has 16 heavy (non-hydrogen) atoms. The van der Waals surface area contributed by atoms with Crippen LogP contribution in [-0.2, 0) is 0 Å². The van der Waals surface area contributed by atoms with Gasteiger partial charge < -0.3 is 5.73 Å². The summed E-state index contributed by atoms with van der Waals surface area (Å²) < 4.78 is 0.497. The fourth-order valence-corrected chi connectivity index (χ4v) is 1.37. The Bertz CT molecular complexity index is 461. The number of hydrogen-bond donors (Lipinski definition) is 2. The Kier molecular flexibility index (Phi) is 3.95. The maximum Gasteiger partial charge on any atom is 0.332 e. The number of carbonyl (C=O) groups excluding carboxylic acids is 1. The molecule has 0 spiro atoms. The number of primary amides is 1. The third-order valence-electron chi connectivity index (χ3n) is 1.57. The summed E-state index contributed by atoms with van der Waals surface area (Å²) in [7, 11) is 0. The van der Waals surface area contributed by atoms with E-state index in [9.17, 15) is 14.9 Å². The number of rotatable bonds is 3. The van der Waals surface area contributed by atoms with E-state index in [1.807, 2.05) is 5.43 Å². The number of hydrazone groups is 1. The van der Waals surface area contributed by atoms with Crippen LogP contribution in [0.25, 0.3) is 0 Å². The minimum absolute atomic E-state index is 0.0353. The smallest absolute Gasteiger partial charge is 0.332 e. The highest BCUT2D eigenvalue weighted by Crippen LogP contribution is 2.21. The molecule has 0 radical (unpaired) electrons. The number of urea groups is 1. The molecule has 0 aliphatic heterocycles. The van der Waals surface area contributed by atoms with Gasteiger partial charge in [-0.3, -0.25) is 10.1 Å². The first-order valence-electron chi connectivity index (χ1n) is 4.03. The zero-order chi connectivity index (χ0) is 12.1. The fraction of sp³-hybridized carbons (Fsp3) is 0. The van der Waals surface area contributed by atoms with Crippen LogP contribution in [0, 0.1) is 10.1 Å². The summed E-state index contributed by atoms with van der Waals surface area (Å²) in [5.41, 5.74) is 7.35. The molecule has 1 rings (SSSR count). The van der Waals surface area contributed by atoms with Crippen molar-refractivity contribution >= 4 is 33.9 Å². The van der Waals surface area contributed by atoms with Crippen molar-refractivity contribution in [1.82, 2.24) is 5.43 Å². The highest BCUT2D eigenvalue weighted by Gasteiger charge is 2.07. The van der Waals surface area contributed by atoms with Crippen LogP contribution in [0.1, 0.15) is 5.56 Å². The zero-order valence-corrected chi connectivity index (χ0v) is 9.47. The number of halogens is 1. The van der Waals surface area contributed by atoms with E-state index < -0.39 is 11.0 Å². The Morgan fingerprint density at radius 2 is 2.31 bits per heavy atom. The summed E-state index contributed by atoms with van der Waals surface area (Å²) >= 11 is 3.14. The molecule has 0 bridgehead atoms. The van der Waals surface area contributed by atoms with Crippen molar-refractivity contribution in [1.29, 1.82) is 0 Å². The lowest BCUT2D eigenvalue weighted by atomic mass is 10.2. The van der Waals surface area contributed by atoms with Gasteiger partial charge in [-0.15, -0.1) is 0 Å². The van der Waals surface area contributed by atoms with Crippen molar-refractivity contribution in [3.05, 3.63) is 38.3 Å². The van der Waals surface area contributed by atoms with Crippen molar-refractivity contribution in [3.8, 4) is 0 Å². The van der Waals surface area contributed by atoms with Gasteiger partial charge in [0.05, 0.1) is 11.1 Å². The second kappa shape index (κ2) is 5.21. The van der Waals surface area contributed by atoms with Crippen LogP contribution in [-0.4, -0.2) is 17.2 Å². The van der Waals surface area contributed by atoms with E-state index in [0.29, 0.717) is 10.0 Å². The number of nitrogens with two attached hydrogens (primary N) is 1. The average Bonchev–Trinajstić information content (AvgIpc) is 2.19. The molecule has 0 aliphatic carbocycles. The van der Waals surface area contributed by atoms with Gasteiger partial charge in [-0.1, -0.05) is 0 Å². The molecule has 0 fully saturated rings. The summed E-state index contributed by atoms with van der Waals surface area (Å²) in [6.45, 7) is 0. The standard InChI is InChI=1S/C8H7BrN4O3/c9-7-3-6(13(15)16)2-1-5(7)4-11-12-8(10)14/h1-4H,(H3,10,12,14). The number of non-ortho nitro benzene ring substituents is 1. The molecule has 0 aromatic heterocycles. The summed E-state index contributed by atoms with van der Waals surface area (Å²) in [4.78, 5) is 20.3. The number of carbonyl (C=O) groups is 1. The first-order valence-corrected chi connectivity index (χ1v) is 4.82. The van der Waals surface area contributed by atoms with E-state index in [-0.39, 0.29) is 5.69 Å². The zero-order valence-electron chi connectivity index (χ0n) is 7.88. The quantitative estimate of drug-likeness (QED) is 0.497. The summed E-state index contributed by atoms with van der Waals surface area (Å²) in [5.74, 6) is 0. The van der Waals surface area contributed by atoms with Crippen LogP contribution in [0.5, 0.6) is 0 Å².